The molecule has 0 aliphatic rings. The Labute approximate surface area is 163 Å². The minimum Gasteiger partial charge on any atom is -0.323 e. The van der Waals surface area contributed by atoms with Crippen molar-refractivity contribution < 1.29 is 9.72 Å². The molecule has 0 saturated carbocycles. The minimum absolute atomic E-state index is 0.0455. The molecule has 0 aliphatic carbocycles. The SMILES string of the molecule is O=C(/C=C/c1ccccc1[N+](=O)[O-])Nc1ccc(-c2cn3ccsc3n2)cc1. The molecule has 0 atom stereocenters. The summed E-state index contributed by atoms with van der Waals surface area (Å²) in [4.78, 5) is 28.1. The van der Waals surface area contributed by atoms with E-state index in [0.717, 1.165) is 16.2 Å². The summed E-state index contributed by atoms with van der Waals surface area (Å²) in [5, 5.41) is 15.7. The highest BCUT2D eigenvalue weighted by molar-refractivity contribution is 7.15. The Kier molecular flexibility index (Phi) is 4.69. The van der Waals surface area contributed by atoms with E-state index in [2.05, 4.69) is 10.3 Å². The molecular formula is C20H14N4O3S. The number of hydrogen-bond donors (Lipinski definition) is 1. The molecule has 7 nitrogen and oxygen atoms in total. The Morgan fingerprint density at radius 1 is 1.18 bits per heavy atom. The normalized spacial score (nSPS) is 11.1. The number of benzene rings is 2. The summed E-state index contributed by atoms with van der Waals surface area (Å²) >= 11 is 1.57. The number of imidazole rings is 1. The second-order valence-corrected chi connectivity index (χ2v) is 6.81. The van der Waals surface area contributed by atoms with Gasteiger partial charge in [-0.3, -0.25) is 19.3 Å². The number of fused-ring (bicyclic) bond motifs is 1. The van der Waals surface area contributed by atoms with Gasteiger partial charge in [0, 0.05) is 41.2 Å². The van der Waals surface area contributed by atoms with E-state index < -0.39 is 4.92 Å². The number of nitro groups is 1. The first kappa shape index (κ1) is 17.6. The van der Waals surface area contributed by atoms with Crippen LogP contribution in [0.15, 0.2) is 72.4 Å². The number of para-hydroxylation sites is 1. The van der Waals surface area contributed by atoms with Gasteiger partial charge in [-0.2, -0.15) is 0 Å². The maximum Gasteiger partial charge on any atom is 0.276 e. The molecule has 0 saturated heterocycles. The van der Waals surface area contributed by atoms with Crippen molar-refractivity contribution in [3.05, 3.63) is 88.1 Å². The van der Waals surface area contributed by atoms with Gasteiger partial charge in [-0.25, -0.2) is 4.98 Å². The van der Waals surface area contributed by atoms with Gasteiger partial charge in [0.15, 0.2) is 4.96 Å². The first-order valence-corrected chi connectivity index (χ1v) is 9.23. The van der Waals surface area contributed by atoms with Crippen molar-refractivity contribution in [2.45, 2.75) is 0 Å². The fourth-order valence-corrected chi connectivity index (χ4v) is 3.44. The van der Waals surface area contributed by atoms with Crippen LogP contribution in [0.3, 0.4) is 0 Å². The van der Waals surface area contributed by atoms with Crippen LogP contribution in [0.25, 0.3) is 22.3 Å². The molecule has 28 heavy (non-hydrogen) atoms. The summed E-state index contributed by atoms with van der Waals surface area (Å²) in [6.45, 7) is 0. The van der Waals surface area contributed by atoms with Crippen molar-refractivity contribution in [2.24, 2.45) is 0 Å². The fourth-order valence-electron chi connectivity index (χ4n) is 2.73. The van der Waals surface area contributed by atoms with Gasteiger partial charge in [-0.1, -0.05) is 24.3 Å². The number of nitrogens with zero attached hydrogens (tertiary/aromatic N) is 3. The molecule has 0 fully saturated rings. The zero-order valence-electron chi connectivity index (χ0n) is 14.5. The van der Waals surface area contributed by atoms with Gasteiger partial charge in [0.25, 0.3) is 5.69 Å². The van der Waals surface area contributed by atoms with E-state index in [1.807, 2.05) is 34.3 Å². The van der Waals surface area contributed by atoms with E-state index in [4.69, 9.17) is 0 Å². The number of nitro benzene ring substituents is 1. The molecule has 138 valence electrons. The van der Waals surface area contributed by atoms with Gasteiger partial charge in [0.05, 0.1) is 16.2 Å². The van der Waals surface area contributed by atoms with Crippen molar-refractivity contribution in [3.8, 4) is 11.3 Å². The third-order valence-electron chi connectivity index (χ3n) is 4.09. The van der Waals surface area contributed by atoms with Crippen LogP contribution in [0.1, 0.15) is 5.56 Å². The van der Waals surface area contributed by atoms with Gasteiger partial charge >= 0.3 is 0 Å². The predicted molar refractivity (Wildman–Crippen MR) is 109 cm³/mol. The van der Waals surface area contributed by atoms with E-state index in [1.54, 1.807) is 41.7 Å². The number of rotatable bonds is 5. The molecule has 2 aromatic carbocycles. The first-order chi connectivity index (χ1) is 13.6. The molecule has 4 rings (SSSR count). The van der Waals surface area contributed by atoms with Crippen molar-refractivity contribution in [1.29, 1.82) is 0 Å². The molecule has 0 spiro atoms. The van der Waals surface area contributed by atoms with Crippen molar-refractivity contribution in [2.75, 3.05) is 5.32 Å². The third kappa shape index (κ3) is 3.67. The largest absolute Gasteiger partial charge is 0.323 e. The number of hydrogen-bond acceptors (Lipinski definition) is 5. The van der Waals surface area contributed by atoms with Crippen molar-refractivity contribution >= 4 is 39.7 Å². The van der Waals surface area contributed by atoms with E-state index >= 15 is 0 Å². The highest BCUT2D eigenvalue weighted by Gasteiger charge is 2.10. The Balaban J connectivity index is 1.45. The number of carbonyl (C=O) groups is 1. The van der Waals surface area contributed by atoms with Gasteiger partial charge in [-0.05, 0) is 24.3 Å². The molecule has 0 radical (unpaired) electrons. The zero-order valence-corrected chi connectivity index (χ0v) is 15.3. The molecule has 4 aromatic rings. The maximum atomic E-state index is 12.1. The molecule has 2 heterocycles. The van der Waals surface area contributed by atoms with Crippen LogP contribution in [0.2, 0.25) is 0 Å². The van der Waals surface area contributed by atoms with Crippen LogP contribution in [0, 0.1) is 10.1 Å². The summed E-state index contributed by atoms with van der Waals surface area (Å²) in [7, 11) is 0. The number of nitrogens with one attached hydrogen (secondary N) is 1. The van der Waals surface area contributed by atoms with E-state index in [0.29, 0.717) is 11.3 Å². The Morgan fingerprint density at radius 2 is 1.96 bits per heavy atom. The van der Waals surface area contributed by atoms with Crippen LogP contribution in [-0.4, -0.2) is 20.2 Å². The molecule has 0 bridgehead atoms. The maximum absolute atomic E-state index is 12.1. The second-order valence-electron chi connectivity index (χ2n) is 5.93. The standard InChI is InChI=1S/C20H14N4O3S/c25-19(10-7-15-3-1-2-4-18(15)24(26)27)21-16-8-5-14(6-9-16)17-13-23-11-12-28-20(23)22-17/h1-13H,(H,21,25)/b10-7+. The summed E-state index contributed by atoms with van der Waals surface area (Å²) in [6.07, 6.45) is 6.61. The quantitative estimate of drug-likeness (QED) is 0.306. The van der Waals surface area contributed by atoms with Gasteiger partial charge in [-0.15, -0.1) is 11.3 Å². The van der Waals surface area contributed by atoms with Gasteiger partial charge in [0.1, 0.15) is 0 Å². The topological polar surface area (TPSA) is 89.5 Å². The highest BCUT2D eigenvalue weighted by atomic mass is 32.1. The van der Waals surface area contributed by atoms with Crippen LogP contribution < -0.4 is 5.32 Å². The number of anilines is 1. The number of aromatic nitrogens is 2. The van der Waals surface area contributed by atoms with Gasteiger partial charge in [0.2, 0.25) is 5.91 Å². The highest BCUT2D eigenvalue weighted by Crippen LogP contribution is 2.23. The zero-order chi connectivity index (χ0) is 19.5. The van der Waals surface area contributed by atoms with Gasteiger partial charge < -0.3 is 5.32 Å². The molecule has 2 aromatic heterocycles. The summed E-state index contributed by atoms with van der Waals surface area (Å²) in [5.74, 6) is -0.367. The summed E-state index contributed by atoms with van der Waals surface area (Å²) in [6, 6.07) is 13.6. The third-order valence-corrected chi connectivity index (χ3v) is 4.86. The summed E-state index contributed by atoms with van der Waals surface area (Å²) in [5.41, 5.74) is 2.76. The predicted octanol–water partition coefficient (Wildman–Crippen LogP) is 4.62. The monoisotopic (exact) mass is 390 g/mol. The molecular weight excluding hydrogens is 376 g/mol. The van der Waals surface area contributed by atoms with E-state index in [-0.39, 0.29) is 11.6 Å². The molecule has 0 aliphatic heterocycles. The Morgan fingerprint density at radius 3 is 2.71 bits per heavy atom. The number of thiazole rings is 1. The lowest BCUT2D eigenvalue weighted by molar-refractivity contribution is -0.385. The van der Waals surface area contributed by atoms with E-state index in [9.17, 15) is 14.9 Å². The van der Waals surface area contributed by atoms with Crippen LogP contribution in [-0.2, 0) is 4.79 Å². The first-order valence-electron chi connectivity index (χ1n) is 8.35. The van der Waals surface area contributed by atoms with Crippen LogP contribution >= 0.6 is 11.3 Å². The van der Waals surface area contributed by atoms with Crippen molar-refractivity contribution in [1.82, 2.24) is 9.38 Å². The number of amides is 1. The van der Waals surface area contributed by atoms with Crippen molar-refractivity contribution in [3.63, 3.8) is 0 Å². The molecule has 1 amide bonds. The van der Waals surface area contributed by atoms with Crippen LogP contribution in [0.4, 0.5) is 11.4 Å². The molecule has 1 N–H and O–H groups in total. The summed E-state index contributed by atoms with van der Waals surface area (Å²) < 4.78 is 1.96. The Bertz CT molecular complexity index is 1160. The van der Waals surface area contributed by atoms with E-state index in [1.165, 1.54) is 18.2 Å². The fraction of sp³-hybridized carbons (Fsp3) is 0. The average molecular weight is 390 g/mol. The lowest BCUT2D eigenvalue weighted by Crippen LogP contribution is -2.07. The average Bonchev–Trinajstić information content (AvgIpc) is 3.29. The minimum atomic E-state index is -0.476. The molecule has 0 unspecified atom stereocenters. The second kappa shape index (κ2) is 7.45. The lowest BCUT2D eigenvalue weighted by atomic mass is 10.1. The molecule has 8 heteroatoms. The Hall–Kier alpha value is -3.78. The lowest BCUT2D eigenvalue weighted by Gasteiger charge is -2.03. The smallest absolute Gasteiger partial charge is 0.276 e. The number of carbonyl (C=O) groups excluding carboxylic acids is 1. The van der Waals surface area contributed by atoms with Crippen LogP contribution in [0.5, 0.6) is 0 Å².